The summed E-state index contributed by atoms with van der Waals surface area (Å²) in [5.41, 5.74) is 0. The molecule has 0 amide bonds. The van der Waals surface area contributed by atoms with E-state index in [1.807, 2.05) is 20.8 Å². The second-order valence-electron chi connectivity index (χ2n) is 2.31. The van der Waals surface area contributed by atoms with Gasteiger partial charge in [-0.25, -0.2) is 0 Å². The lowest BCUT2D eigenvalue weighted by Gasteiger charge is -2.12. The van der Waals surface area contributed by atoms with Crippen LogP contribution in [0.2, 0.25) is 0 Å². The molecule has 0 aliphatic carbocycles. The maximum Gasteiger partial charge on any atom is 0.233 e. The van der Waals surface area contributed by atoms with Gasteiger partial charge in [0.2, 0.25) is 5.28 Å². The van der Waals surface area contributed by atoms with Crippen LogP contribution in [0, 0.1) is 5.21 Å². The smallest absolute Gasteiger partial charge is 0.233 e. The van der Waals surface area contributed by atoms with Gasteiger partial charge in [-0.1, -0.05) is 6.92 Å². The van der Waals surface area contributed by atoms with Gasteiger partial charge in [-0.05, 0) is 20.3 Å². The van der Waals surface area contributed by atoms with Crippen LogP contribution in [0.4, 0.5) is 0 Å². The van der Waals surface area contributed by atoms with E-state index in [0.29, 0.717) is 24.7 Å². The van der Waals surface area contributed by atoms with Crippen molar-refractivity contribution >= 4 is 0 Å². The third-order valence-electron chi connectivity index (χ3n) is 1.40. The van der Waals surface area contributed by atoms with Gasteiger partial charge in [0.05, 0.1) is 18.1 Å². The maximum absolute atomic E-state index is 11.0. The first-order chi connectivity index (χ1) is 5.76. The van der Waals surface area contributed by atoms with Gasteiger partial charge in [0.15, 0.2) is 0 Å². The number of rotatable bonds is 6. The molecule has 0 aliphatic heterocycles. The van der Waals surface area contributed by atoms with Crippen molar-refractivity contribution in [1.82, 2.24) is 5.01 Å². The highest BCUT2D eigenvalue weighted by Gasteiger charge is 2.05. The molecule has 0 rings (SSSR count). The average molecular weight is 175 g/mol. The fraction of sp³-hybridized carbons (Fsp3) is 1.00. The minimum Gasteiger partial charge on any atom is -0.569 e. The van der Waals surface area contributed by atoms with Crippen LogP contribution >= 0.6 is 0 Å². The zero-order chi connectivity index (χ0) is 9.40. The monoisotopic (exact) mass is 175 g/mol. The molecule has 0 bridgehead atoms. The standard InChI is InChI=1S/C7H17N3O2/c1-4-7-12-8-10(11)9(5-2)6-3/h4-7H2,1-3H3/b10-8-. The van der Waals surface area contributed by atoms with Crippen LogP contribution in [0.3, 0.4) is 0 Å². The van der Waals surface area contributed by atoms with Crippen LogP contribution in [-0.4, -0.2) is 29.7 Å². The van der Waals surface area contributed by atoms with Gasteiger partial charge in [0.25, 0.3) is 0 Å². The molecule has 0 N–H and O–H groups in total. The third kappa shape index (κ3) is 4.00. The Kier molecular flexibility index (Phi) is 6.14. The summed E-state index contributed by atoms with van der Waals surface area (Å²) in [6, 6.07) is 0. The summed E-state index contributed by atoms with van der Waals surface area (Å²) in [4.78, 5) is 5.22. The van der Waals surface area contributed by atoms with Crippen LogP contribution in [0.1, 0.15) is 27.2 Å². The molecule has 0 saturated carbocycles. The van der Waals surface area contributed by atoms with Gasteiger partial charge in [0.1, 0.15) is 6.61 Å². The van der Waals surface area contributed by atoms with Crippen LogP contribution in [0.5, 0.6) is 0 Å². The van der Waals surface area contributed by atoms with Gasteiger partial charge in [-0.3, -0.25) is 0 Å². The Morgan fingerprint density at radius 3 is 2.33 bits per heavy atom. The van der Waals surface area contributed by atoms with Crippen LogP contribution < -0.4 is 0 Å². The zero-order valence-electron chi connectivity index (χ0n) is 7.99. The maximum atomic E-state index is 11.0. The second-order valence-corrected chi connectivity index (χ2v) is 2.31. The normalized spacial score (nSPS) is 11.4. The molecule has 0 atom stereocenters. The Morgan fingerprint density at radius 1 is 1.33 bits per heavy atom. The summed E-state index contributed by atoms with van der Waals surface area (Å²) in [5, 5.41) is 15.9. The van der Waals surface area contributed by atoms with Crippen molar-refractivity contribution in [1.29, 1.82) is 0 Å². The summed E-state index contributed by atoms with van der Waals surface area (Å²) in [5.74, 6) is 0. The fourth-order valence-electron chi connectivity index (χ4n) is 0.699. The Bertz CT molecular complexity index is 135. The lowest BCUT2D eigenvalue weighted by atomic mass is 10.5. The van der Waals surface area contributed by atoms with E-state index in [2.05, 4.69) is 5.28 Å². The van der Waals surface area contributed by atoms with E-state index in [9.17, 15) is 5.21 Å². The van der Waals surface area contributed by atoms with E-state index < -0.39 is 0 Å². The molecular weight excluding hydrogens is 158 g/mol. The van der Waals surface area contributed by atoms with E-state index in [0.717, 1.165) is 6.42 Å². The number of hydrogen-bond donors (Lipinski definition) is 0. The summed E-state index contributed by atoms with van der Waals surface area (Å²) < 4.78 is 0. The Morgan fingerprint density at radius 2 is 1.92 bits per heavy atom. The van der Waals surface area contributed by atoms with E-state index >= 15 is 0 Å². The largest absolute Gasteiger partial charge is 0.569 e. The second kappa shape index (κ2) is 6.69. The summed E-state index contributed by atoms with van der Waals surface area (Å²) in [6.45, 7) is 7.51. The highest BCUT2D eigenvalue weighted by Crippen LogP contribution is 1.90. The Balaban J connectivity index is 3.79. The van der Waals surface area contributed by atoms with E-state index in [4.69, 9.17) is 4.84 Å². The van der Waals surface area contributed by atoms with Crippen LogP contribution in [0.15, 0.2) is 5.28 Å². The molecular formula is C7H17N3O2. The quantitative estimate of drug-likeness (QED) is 0.266. The summed E-state index contributed by atoms with van der Waals surface area (Å²) in [6.07, 6.45) is 0.857. The minimum absolute atomic E-state index is 0.486. The molecule has 0 spiro atoms. The molecule has 12 heavy (non-hydrogen) atoms. The summed E-state index contributed by atoms with van der Waals surface area (Å²) >= 11 is 0. The molecule has 0 aromatic carbocycles. The average Bonchev–Trinajstić information content (AvgIpc) is 2.07. The van der Waals surface area contributed by atoms with E-state index in [-0.39, 0.29) is 0 Å². The summed E-state index contributed by atoms with van der Waals surface area (Å²) in [7, 11) is 0. The van der Waals surface area contributed by atoms with Gasteiger partial charge in [0, 0.05) is 0 Å². The lowest BCUT2D eigenvalue weighted by molar-refractivity contribution is -0.710. The van der Waals surface area contributed by atoms with Crippen molar-refractivity contribution in [2.45, 2.75) is 27.2 Å². The highest BCUT2D eigenvalue weighted by molar-refractivity contribution is 4.29. The lowest BCUT2D eigenvalue weighted by Crippen LogP contribution is -2.30. The SMILES string of the molecule is CCCO/N=[N+](\[O-])N(CC)CC. The first-order valence-electron chi connectivity index (χ1n) is 4.31. The van der Waals surface area contributed by atoms with Gasteiger partial charge >= 0.3 is 0 Å². The first-order valence-corrected chi connectivity index (χ1v) is 4.31. The van der Waals surface area contributed by atoms with Crippen LogP contribution in [-0.2, 0) is 4.84 Å². The van der Waals surface area contributed by atoms with E-state index in [1.165, 1.54) is 5.01 Å². The van der Waals surface area contributed by atoms with E-state index in [1.54, 1.807) is 0 Å². The predicted octanol–water partition coefficient (Wildman–Crippen LogP) is 1.55. The van der Waals surface area contributed by atoms with Crippen molar-refractivity contribution in [2.24, 2.45) is 5.28 Å². The van der Waals surface area contributed by atoms with Crippen molar-refractivity contribution in [2.75, 3.05) is 19.7 Å². The molecule has 0 unspecified atom stereocenters. The van der Waals surface area contributed by atoms with Gasteiger partial charge in [-0.2, -0.15) is 0 Å². The first kappa shape index (κ1) is 11.0. The van der Waals surface area contributed by atoms with Crippen molar-refractivity contribution in [3.63, 3.8) is 0 Å². The molecule has 0 aromatic heterocycles. The molecule has 0 heterocycles. The Hall–Kier alpha value is -1.00. The highest BCUT2D eigenvalue weighted by atomic mass is 16.7. The van der Waals surface area contributed by atoms with Gasteiger partial charge < -0.3 is 10.0 Å². The molecule has 0 saturated heterocycles. The van der Waals surface area contributed by atoms with Crippen molar-refractivity contribution in [3.8, 4) is 0 Å². The van der Waals surface area contributed by atoms with Crippen molar-refractivity contribution in [3.05, 3.63) is 5.21 Å². The molecule has 0 aromatic rings. The van der Waals surface area contributed by atoms with Crippen LogP contribution in [0.25, 0.3) is 0 Å². The number of hydrazine groups is 1. The Labute approximate surface area is 73.1 Å². The molecule has 72 valence electrons. The van der Waals surface area contributed by atoms with Crippen molar-refractivity contribution < 1.29 is 9.81 Å². The molecule has 0 fully saturated rings. The molecule has 5 heteroatoms. The number of hydrogen-bond acceptors (Lipinski definition) is 3. The van der Waals surface area contributed by atoms with Gasteiger partial charge in [-0.15, -0.1) is 5.01 Å². The zero-order valence-corrected chi connectivity index (χ0v) is 7.99. The molecule has 0 radical (unpaired) electrons. The minimum atomic E-state index is 0.486. The molecule has 0 aliphatic rings. The predicted molar refractivity (Wildman–Crippen MR) is 45.2 cm³/mol. The number of nitrogens with zero attached hydrogens (tertiary/aromatic N) is 3. The third-order valence-corrected chi connectivity index (χ3v) is 1.40. The molecule has 5 nitrogen and oxygen atoms in total. The fourth-order valence-corrected chi connectivity index (χ4v) is 0.699. The topological polar surface area (TPSA) is 50.9 Å².